The highest BCUT2D eigenvalue weighted by molar-refractivity contribution is 6.31. The number of ether oxygens (including phenoxy) is 1. The van der Waals surface area contributed by atoms with Crippen molar-refractivity contribution in [2.75, 3.05) is 11.1 Å². The van der Waals surface area contributed by atoms with Crippen LogP contribution in [0.25, 0.3) is 0 Å². The van der Waals surface area contributed by atoms with Gasteiger partial charge >= 0.3 is 0 Å². The average molecular weight is 374 g/mol. The van der Waals surface area contributed by atoms with E-state index in [1.807, 2.05) is 0 Å². The van der Waals surface area contributed by atoms with Crippen LogP contribution in [0.1, 0.15) is 10.4 Å². The molecule has 1 amide bonds. The Morgan fingerprint density at radius 2 is 1.84 bits per heavy atom. The van der Waals surface area contributed by atoms with Crippen LogP contribution in [0.4, 0.5) is 11.5 Å². The molecule has 3 N–H and O–H groups in total. The van der Waals surface area contributed by atoms with E-state index in [4.69, 9.17) is 33.7 Å². The number of rotatable bonds is 4. The van der Waals surface area contributed by atoms with E-state index in [-0.39, 0.29) is 11.7 Å². The number of nitrogen functional groups attached to an aromatic ring is 1. The molecule has 3 aromatic rings. The van der Waals surface area contributed by atoms with Crippen molar-refractivity contribution in [1.82, 2.24) is 4.98 Å². The van der Waals surface area contributed by atoms with Crippen LogP contribution in [0, 0.1) is 0 Å². The number of nitrogens with two attached hydrogens (primary N) is 1. The maximum atomic E-state index is 12.3. The van der Waals surface area contributed by atoms with Crippen molar-refractivity contribution in [2.45, 2.75) is 0 Å². The fourth-order valence-electron chi connectivity index (χ4n) is 2.11. The van der Waals surface area contributed by atoms with Gasteiger partial charge in [0, 0.05) is 34.6 Å². The zero-order valence-corrected chi connectivity index (χ0v) is 14.4. The van der Waals surface area contributed by atoms with Gasteiger partial charge in [0.2, 0.25) is 0 Å². The summed E-state index contributed by atoms with van der Waals surface area (Å²) in [4.78, 5) is 16.2. The first kappa shape index (κ1) is 17.1. The third-order valence-electron chi connectivity index (χ3n) is 3.25. The second-order valence-corrected chi connectivity index (χ2v) is 6.00. The van der Waals surface area contributed by atoms with E-state index in [1.54, 1.807) is 54.6 Å². The molecule has 0 aliphatic carbocycles. The fraction of sp³-hybridized carbons (Fsp3) is 0. The molecule has 126 valence electrons. The summed E-state index contributed by atoms with van der Waals surface area (Å²) in [5, 5.41) is 3.69. The van der Waals surface area contributed by atoms with E-state index in [1.165, 1.54) is 6.20 Å². The van der Waals surface area contributed by atoms with Crippen LogP contribution >= 0.6 is 23.2 Å². The highest BCUT2D eigenvalue weighted by Gasteiger charge is 2.09. The number of halogens is 2. The molecule has 1 aromatic heterocycles. The number of aromatic nitrogens is 1. The van der Waals surface area contributed by atoms with Crippen LogP contribution in [-0.2, 0) is 0 Å². The molecule has 0 fully saturated rings. The van der Waals surface area contributed by atoms with Crippen LogP contribution in [-0.4, -0.2) is 10.9 Å². The molecule has 0 spiro atoms. The number of carbonyl (C=O) groups excluding carboxylic acids is 1. The lowest BCUT2D eigenvalue weighted by Gasteiger charge is -2.10. The molecule has 5 nitrogen and oxygen atoms in total. The van der Waals surface area contributed by atoms with E-state index in [0.29, 0.717) is 32.8 Å². The molecule has 2 aromatic carbocycles. The van der Waals surface area contributed by atoms with Crippen molar-refractivity contribution >= 4 is 40.6 Å². The van der Waals surface area contributed by atoms with Gasteiger partial charge in [-0.05, 0) is 30.3 Å². The first-order valence-electron chi connectivity index (χ1n) is 7.27. The number of nitrogens with zero attached hydrogens (tertiary/aromatic N) is 1. The van der Waals surface area contributed by atoms with E-state index >= 15 is 0 Å². The molecule has 0 unspecified atom stereocenters. The number of hydrogen-bond acceptors (Lipinski definition) is 4. The van der Waals surface area contributed by atoms with Gasteiger partial charge in [0.05, 0.1) is 5.02 Å². The number of amides is 1. The number of pyridine rings is 1. The molecule has 0 saturated heterocycles. The highest BCUT2D eigenvalue weighted by atomic mass is 35.5. The standard InChI is InChI=1S/C18H13Cl2N3O2/c19-12-4-1-3-11(7-12)18(24)23-14-5-2-6-15(9-14)25-16-8-13(20)10-22-17(16)21/h1-10H,(H2,21,22)(H,23,24). The summed E-state index contributed by atoms with van der Waals surface area (Å²) in [7, 11) is 0. The van der Waals surface area contributed by atoms with Crippen molar-refractivity contribution in [3.05, 3.63) is 76.4 Å². The Bertz CT molecular complexity index is 932. The second-order valence-electron chi connectivity index (χ2n) is 5.13. The monoisotopic (exact) mass is 373 g/mol. The number of carbonyl (C=O) groups is 1. The predicted molar refractivity (Wildman–Crippen MR) is 99.6 cm³/mol. The van der Waals surface area contributed by atoms with Gasteiger partial charge in [0.1, 0.15) is 5.75 Å². The number of hydrogen-bond donors (Lipinski definition) is 2. The molecular formula is C18H13Cl2N3O2. The molecule has 0 aliphatic rings. The van der Waals surface area contributed by atoms with Crippen LogP contribution in [0.15, 0.2) is 60.8 Å². The van der Waals surface area contributed by atoms with Gasteiger partial charge in [-0.15, -0.1) is 0 Å². The van der Waals surface area contributed by atoms with Gasteiger partial charge in [-0.25, -0.2) is 4.98 Å². The third kappa shape index (κ3) is 4.41. The maximum absolute atomic E-state index is 12.3. The molecule has 0 saturated carbocycles. The van der Waals surface area contributed by atoms with Crippen molar-refractivity contribution < 1.29 is 9.53 Å². The summed E-state index contributed by atoms with van der Waals surface area (Å²) in [5.74, 6) is 0.770. The first-order chi connectivity index (χ1) is 12.0. The highest BCUT2D eigenvalue weighted by Crippen LogP contribution is 2.29. The Labute approximate surface area is 154 Å². The summed E-state index contributed by atoms with van der Waals surface area (Å²) < 4.78 is 5.69. The average Bonchev–Trinajstić information content (AvgIpc) is 2.58. The van der Waals surface area contributed by atoms with Crippen molar-refractivity contribution in [3.8, 4) is 11.5 Å². The number of nitrogens with one attached hydrogen (secondary N) is 1. The van der Waals surface area contributed by atoms with Gasteiger partial charge in [-0.2, -0.15) is 0 Å². The zero-order chi connectivity index (χ0) is 17.8. The Balaban J connectivity index is 1.77. The summed E-state index contributed by atoms with van der Waals surface area (Å²) in [6.45, 7) is 0. The molecule has 1 heterocycles. The van der Waals surface area contributed by atoms with Crippen LogP contribution in [0.2, 0.25) is 10.0 Å². The minimum absolute atomic E-state index is 0.220. The number of anilines is 2. The molecular weight excluding hydrogens is 361 g/mol. The minimum Gasteiger partial charge on any atom is -0.453 e. The predicted octanol–water partition coefficient (Wildman–Crippen LogP) is 5.02. The normalized spacial score (nSPS) is 10.3. The molecule has 25 heavy (non-hydrogen) atoms. The smallest absolute Gasteiger partial charge is 0.255 e. The Kier molecular flexibility index (Phi) is 5.07. The zero-order valence-electron chi connectivity index (χ0n) is 12.9. The van der Waals surface area contributed by atoms with Crippen molar-refractivity contribution in [2.24, 2.45) is 0 Å². The third-order valence-corrected chi connectivity index (χ3v) is 3.70. The Morgan fingerprint density at radius 3 is 2.64 bits per heavy atom. The lowest BCUT2D eigenvalue weighted by molar-refractivity contribution is 0.102. The van der Waals surface area contributed by atoms with Gasteiger partial charge < -0.3 is 15.8 Å². The minimum atomic E-state index is -0.274. The molecule has 7 heteroatoms. The van der Waals surface area contributed by atoms with Gasteiger partial charge in [-0.3, -0.25) is 4.79 Å². The van der Waals surface area contributed by atoms with Crippen LogP contribution in [0.5, 0.6) is 11.5 Å². The summed E-state index contributed by atoms with van der Waals surface area (Å²) >= 11 is 11.8. The largest absolute Gasteiger partial charge is 0.453 e. The summed E-state index contributed by atoms with van der Waals surface area (Å²) in [5.41, 5.74) is 6.80. The molecule has 0 aliphatic heterocycles. The topological polar surface area (TPSA) is 77.2 Å². The summed E-state index contributed by atoms with van der Waals surface area (Å²) in [6.07, 6.45) is 1.44. The summed E-state index contributed by atoms with van der Waals surface area (Å²) in [6, 6.07) is 15.2. The molecule has 0 atom stereocenters. The Hall–Kier alpha value is -2.76. The second kappa shape index (κ2) is 7.42. The van der Waals surface area contributed by atoms with Crippen LogP contribution in [0.3, 0.4) is 0 Å². The quantitative estimate of drug-likeness (QED) is 0.673. The van der Waals surface area contributed by atoms with E-state index in [9.17, 15) is 4.79 Å². The van der Waals surface area contributed by atoms with Crippen LogP contribution < -0.4 is 15.8 Å². The van der Waals surface area contributed by atoms with Crippen molar-refractivity contribution in [3.63, 3.8) is 0 Å². The Morgan fingerprint density at radius 1 is 1.04 bits per heavy atom. The fourth-order valence-corrected chi connectivity index (χ4v) is 2.45. The van der Waals surface area contributed by atoms with Gasteiger partial charge in [0.25, 0.3) is 5.91 Å². The molecule has 3 rings (SSSR count). The number of benzene rings is 2. The van der Waals surface area contributed by atoms with E-state index in [0.717, 1.165) is 0 Å². The van der Waals surface area contributed by atoms with Crippen molar-refractivity contribution in [1.29, 1.82) is 0 Å². The first-order valence-corrected chi connectivity index (χ1v) is 8.03. The lowest BCUT2D eigenvalue weighted by atomic mass is 10.2. The SMILES string of the molecule is Nc1ncc(Cl)cc1Oc1cccc(NC(=O)c2cccc(Cl)c2)c1. The van der Waals surface area contributed by atoms with E-state index in [2.05, 4.69) is 10.3 Å². The maximum Gasteiger partial charge on any atom is 0.255 e. The molecule has 0 bridgehead atoms. The van der Waals surface area contributed by atoms with E-state index < -0.39 is 0 Å². The van der Waals surface area contributed by atoms with Gasteiger partial charge in [0.15, 0.2) is 11.6 Å². The lowest BCUT2D eigenvalue weighted by Crippen LogP contribution is -2.11. The molecule has 0 radical (unpaired) electrons. The van der Waals surface area contributed by atoms with Gasteiger partial charge in [-0.1, -0.05) is 35.3 Å².